The van der Waals surface area contributed by atoms with E-state index in [4.69, 9.17) is 5.84 Å². The number of rotatable bonds is 6. The van der Waals surface area contributed by atoms with Gasteiger partial charge in [-0.05, 0) is 34.4 Å². The quantitative estimate of drug-likeness (QED) is 0.519. The third-order valence-corrected chi connectivity index (χ3v) is 3.33. The molecule has 6 nitrogen and oxygen atoms in total. The van der Waals surface area contributed by atoms with Crippen LogP contribution in [0.3, 0.4) is 0 Å². The van der Waals surface area contributed by atoms with Gasteiger partial charge in [-0.25, -0.2) is 15.8 Å². The molecule has 1 heterocycles. The van der Waals surface area contributed by atoms with Crippen molar-refractivity contribution < 1.29 is 0 Å². The van der Waals surface area contributed by atoms with Gasteiger partial charge < -0.3 is 15.6 Å². The summed E-state index contributed by atoms with van der Waals surface area (Å²) < 4.78 is 0. The lowest BCUT2D eigenvalue weighted by Gasteiger charge is -2.33. The van der Waals surface area contributed by atoms with Crippen molar-refractivity contribution in [2.45, 2.75) is 32.7 Å². The largest absolute Gasteiger partial charge is 0.368 e. The van der Waals surface area contributed by atoms with Gasteiger partial charge in [-0.2, -0.15) is 0 Å². The maximum absolute atomic E-state index is 5.45. The molecule has 0 spiro atoms. The number of likely N-dealkylation sites (N-methyl/N-ethyl adjacent to an activating group) is 1. The molecule has 1 aromatic rings. The van der Waals surface area contributed by atoms with Gasteiger partial charge in [0.05, 0.1) is 0 Å². The van der Waals surface area contributed by atoms with E-state index in [0.717, 1.165) is 24.3 Å². The molecule has 6 heteroatoms. The van der Waals surface area contributed by atoms with Crippen LogP contribution in [0.15, 0.2) is 6.33 Å². The number of nitrogens with zero attached hydrogens (tertiary/aromatic N) is 3. The summed E-state index contributed by atoms with van der Waals surface area (Å²) in [5, 5.41) is 3.37. The molecule has 18 heavy (non-hydrogen) atoms. The Morgan fingerprint density at radius 1 is 1.28 bits per heavy atom. The summed E-state index contributed by atoms with van der Waals surface area (Å²) in [6, 6.07) is 0. The van der Waals surface area contributed by atoms with Crippen molar-refractivity contribution in [1.82, 2.24) is 14.9 Å². The van der Waals surface area contributed by atoms with Crippen LogP contribution in [-0.2, 0) is 6.42 Å². The second kappa shape index (κ2) is 5.97. The van der Waals surface area contributed by atoms with Crippen LogP contribution in [-0.4, -0.2) is 41.0 Å². The first-order valence-electron chi connectivity index (χ1n) is 6.14. The molecule has 0 amide bonds. The Hall–Kier alpha value is -1.40. The summed E-state index contributed by atoms with van der Waals surface area (Å²) in [5.41, 5.74) is 3.66. The predicted octanol–water partition coefficient (Wildman–Crippen LogP) is 1.08. The van der Waals surface area contributed by atoms with Crippen molar-refractivity contribution in [1.29, 1.82) is 0 Å². The van der Waals surface area contributed by atoms with E-state index in [-0.39, 0.29) is 5.54 Å². The molecular weight excluding hydrogens is 228 g/mol. The molecule has 0 fully saturated rings. The van der Waals surface area contributed by atoms with Gasteiger partial charge in [-0.1, -0.05) is 6.92 Å². The second-order valence-corrected chi connectivity index (χ2v) is 5.11. The highest BCUT2D eigenvalue weighted by Crippen LogP contribution is 2.20. The third kappa shape index (κ3) is 3.30. The van der Waals surface area contributed by atoms with Crippen LogP contribution in [0, 0.1) is 0 Å². The average Bonchev–Trinajstić information content (AvgIpc) is 2.35. The van der Waals surface area contributed by atoms with Crippen LogP contribution in [0.5, 0.6) is 0 Å². The summed E-state index contributed by atoms with van der Waals surface area (Å²) in [6.07, 6.45) is 2.34. The van der Waals surface area contributed by atoms with Crippen LogP contribution in [0.2, 0.25) is 0 Å². The molecule has 0 aliphatic carbocycles. The van der Waals surface area contributed by atoms with Gasteiger partial charge in [0.2, 0.25) is 0 Å². The highest BCUT2D eigenvalue weighted by Gasteiger charge is 2.21. The fourth-order valence-corrected chi connectivity index (χ4v) is 1.48. The summed E-state index contributed by atoms with van der Waals surface area (Å²) in [4.78, 5) is 10.6. The zero-order chi connectivity index (χ0) is 13.8. The third-order valence-electron chi connectivity index (χ3n) is 3.33. The first-order chi connectivity index (χ1) is 8.42. The standard InChI is InChI=1S/C12H24N6/c1-6-9-10(15-8-16-11(9)17-13)14-7-12(2,3)18(4)5/h8H,6-7,13H2,1-5H3,(H2,14,15,16,17). The highest BCUT2D eigenvalue weighted by molar-refractivity contribution is 5.56. The molecule has 102 valence electrons. The molecule has 0 saturated heterocycles. The van der Waals surface area contributed by atoms with Crippen molar-refractivity contribution in [3.8, 4) is 0 Å². The highest BCUT2D eigenvalue weighted by atomic mass is 15.3. The van der Waals surface area contributed by atoms with Crippen molar-refractivity contribution in [2.24, 2.45) is 5.84 Å². The SMILES string of the molecule is CCc1c(NN)ncnc1NCC(C)(C)N(C)C. The van der Waals surface area contributed by atoms with E-state index in [1.54, 1.807) is 0 Å². The molecule has 1 rings (SSSR count). The molecule has 4 N–H and O–H groups in total. The first-order valence-corrected chi connectivity index (χ1v) is 6.14. The van der Waals surface area contributed by atoms with Gasteiger partial charge in [0.15, 0.2) is 0 Å². The van der Waals surface area contributed by atoms with Crippen LogP contribution in [0.25, 0.3) is 0 Å². The number of anilines is 2. The fraction of sp³-hybridized carbons (Fsp3) is 0.667. The number of aromatic nitrogens is 2. The molecular formula is C12H24N6. The summed E-state index contributed by atoms with van der Waals surface area (Å²) in [5.74, 6) is 6.97. The van der Waals surface area contributed by atoms with Crippen molar-refractivity contribution in [3.05, 3.63) is 11.9 Å². The lowest BCUT2D eigenvalue weighted by atomic mass is 10.0. The molecule has 0 bridgehead atoms. The monoisotopic (exact) mass is 252 g/mol. The predicted molar refractivity (Wildman–Crippen MR) is 75.5 cm³/mol. The average molecular weight is 252 g/mol. The Bertz CT molecular complexity index is 388. The number of nitrogens with one attached hydrogen (secondary N) is 2. The zero-order valence-corrected chi connectivity index (χ0v) is 11.9. The molecule has 0 radical (unpaired) electrons. The number of nitrogens with two attached hydrogens (primary N) is 1. The van der Waals surface area contributed by atoms with Crippen LogP contribution in [0.4, 0.5) is 11.6 Å². The Kier molecular flexibility index (Phi) is 4.86. The Labute approximate surface area is 109 Å². The van der Waals surface area contributed by atoms with Gasteiger partial charge >= 0.3 is 0 Å². The molecule has 1 aromatic heterocycles. The van der Waals surface area contributed by atoms with E-state index in [1.165, 1.54) is 6.33 Å². The maximum atomic E-state index is 5.45. The number of hydrazine groups is 1. The van der Waals surface area contributed by atoms with Crippen LogP contribution in [0.1, 0.15) is 26.3 Å². The smallest absolute Gasteiger partial charge is 0.148 e. The van der Waals surface area contributed by atoms with Crippen molar-refractivity contribution in [3.63, 3.8) is 0 Å². The fourth-order valence-electron chi connectivity index (χ4n) is 1.48. The topological polar surface area (TPSA) is 79.1 Å². The maximum Gasteiger partial charge on any atom is 0.148 e. The van der Waals surface area contributed by atoms with E-state index >= 15 is 0 Å². The lowest BCUT2D eigenvalue weighted by molar-refractivity contribution is 0.210. The molecule has 0 atom stereocenters. The Morgan fingerprint density at radius 2 is 1.89 bits per heavy atom. The van der Waals surface area contributed by atoms with Crippen molar-refractivity contribution in [2.75, 3.05) is 31.4 Å². The van der Waals surface area contributed by atoms with Gasteiger partial charge in [-0.3, -0.25) is 0 Å². The van der Waals surface area contributed by atoms with E-state index < -0.39 is 0 Å². The minimum atomic E-state index is 0.0479. The van der Waals surface area contributed by atoms with E-state index in [1.807, 2.05) is 0 Å². The van der Waals surface area contributed by atoms with Gasteiger partial charge in [0.1, 0.15) is 18.0 Å². The number of hydrogen-bond acceptors (Lipinski definition) is 6. The summed E-state index contributed by atoms with van der Waals surface area (Å²) in [7, 11) is 4.13. The van der Waals surface area contributed by atoms with E-state index in [2.05, 4.69) is 60.5 Å². The van der Waals surface area contributed by atoms with E-state index in [9.17, 15) is 0 Å². The summed E-state index contributed by atoms with van der Waals surface area (Å²) >= 11 is 0. The first kappa shape index (κ1) is 14.7. The molecule has 0 aromatic carbocycles. The minimum Gasteiger partial charge on any atom is -0.368 e. The second-order valence-electron chi connectivity index (χ2n) is 5.11. The molecule has 0 aliphatic heterocycles. The van der Waals surface area contributed by atoms with Crippen molar-refractivity contribution >= 4 is 11.6 Å². The normalized spacial score (nSPS) is 11.7. The zero-order valence-electron chi connectivity index (χ0n) is 11.9. The van der Waals surface area contributed by atoms with Gasteiger partial charge in [0, 0.05) is 17.6 Å². The van der Waals surface area contributed by atoms with Gasteiger partial charge in [-0.15, -0.1) is 0 Å². The van der Waals surface area contributed by atoms with Crippen LogP contribution < -0.4 is 16.6 Å². The van der Waals surface area contributed by atoms with E-state index in [0.29, 0.717) is 5.82 Å². The molecule has 0 saturated carbocycles. The number of nitrogen functional groups attached to an aromatic ring is 1. The Morgan fingerprint density at radius 3 is 2.39 bits per heavy atom. The minimum absolute atomic E-state index is 0.0479. The van der Waals surface area contributed by atoms with Crippen LogP contribution >= 0.6 is 0 Å². The molecule has 0 unspecified atom stereocenters. The number of hydrogen-bond donors (Lipinski definition) is 3. The molecule has 0 aliphatic rings. The van der Waals surface area contributed by atoms with Gasteiger partial charge in [0.25, 0.3) is 0 Å². The summed E-state index contributed by atoms with van der Waals surface area (Å²) in [6.45, 7) is 7.21. The lowest BCUT2D eigenvalue weighted by Crippen LogP contribution is -2.44. The Balaban J connectivity index is 2.85.